The van der Waals surface area contributed by atoms with E-state index in [9.17, 15) is 0 Å². The maximum atomic E-state index is 9.14. The standard InChI is InChI=1S/C18H20N2O2/c1-14-16(9-11-21)12-20-10-5-8-17(18(20)19-14)22-13-15-6-3-2-4-7-15/h2-8,10,21H,9,11-13H2,1H3. The minimum atomic E-state index is 0.155. The summed E-state index contributed by atoms with van der Waals surface area (Å²) in [6.07, 6.45) is 6.58. The molecule has 0 spiro atoms. The first-order valence-electron chi connectivity index (χ1n) is 7.48. The summed E-state index contributed by atoms with van der Waals surface area (Å²) >= 11 is 0. The number of allylic oxidation sites excluding steroid dienone is 3. The van der Waals surface area contributed by atoms with Gasteiger partial charge in [0.15, 0.2) is 11.6 Å². The van der Waals surface area contributed by atoms with E-state index in [-0.39, 0.29) is 6.61 Å². The topological polar surface area (TPSA) is 45.1 Å². The fourth-order valence-electron chi connectivity index (χ4n) is 2.57. The van der Waals surface area contributed by atoms with Crippen LogP contribution in [0.1, 0.15) is 18.9 Å². The van der Waals surface area contributed by atoms with Gasteiger partial charge in [-0.15, -0.1) is 0 Å². The molecule has 0 aliphatic carbocycles. The molecule has 0 bridgehead atoms. The maximum Gasteiger partial charge on any atom is 0.175 e. The van der Waals surface area contributed by atoms with Gasteiger partial charge < -0.3 is 14.7 Å². The lowest BCUT2D eigenvalue weighted by Gasteiger charge is -2.31. The smallest absolute Gasteiger partial charge is 0.175 e. The van der Waals surface area contributed by atoms with Gasteiger partial charge in [0.05, 0.1) is 0 Å². The van der Waals surface area contributed by atoms with Crippen molar-refractivity contribution in [2.75, 3.05) is 13.2 Å². The summed E-state index contributed by atoms with van der Waals surface area (Å²) in [7, 11) is 0. The number of hydrogen-bond donors (Lipinski definition) is 1. The van der Waals surface area contributed by atoms with Crippen LogP contribution in [0.25, 0.3) is 0 Å². The summed E-state index contributed by atoms with van der Waals surface area (Å²) in [4.78, 5) is 6.73. The minimum absolute atomic E-state index is 0.155. The van der Waals surface area contributed by atoms with Crippen LogP contribution in [0.15, 0.2) is 70.7 Å². The second-order valence-corrected chi connectivity index (χ2v) is 5.37. The minimum Gasteiger partial charge on any atom is -0.485 e. The Morgan fingerprint density at radius 1 is 1.27 bits per heavy atom. The van der Waals surface area contributed by atoms with E-state index in [0.29, 0.717) is 13.0 Å². The van der Waals surface area contributed by atoms with Crippen molar-refractivity contribution in [3.05, 3.63) is 71.3 Å². The lowest BCUT2D eigenvalue weighted by Crippen LogP contribution is -2.35. The highest BCUT2D eigenvalue weighted by molar-refractivity contribution is 5.99. The van der Waals surface area contributed by atoms with E-state index in [1.165, 1.54) is 5.57 Å². The van der Waals surface area contributed by atoms with E-state index < -0.39 is 0 Å². The predicted octanol–water partition coefficient (Wildman–Crippen LogP) is 2.98. The molecule has 2 aliphatic rings. The van der Waals surface area contributed by atoms with E-state index >= 15 is 0 Å². The summed E-state index contributed by atoms with van der Waals surface area (Å²) in [6.45, 7) is 3.43. The number of rotatable bonds is 5. The highest BCUT2D eigenvalue weighted by atomic mass is 16.5. The predicted molar refractivity (Wildman–Crippen MR) is 87.0 cm³/mol. The van der Waals surface area contributed by atoms with Gasteiger partial charge in [-0.05, 0) is 36.6 Å². The Morgan fingerprint density at radius 3 is 2.86 bits per heavy atom. The zero-order valence-electron chi connectivity index (χ0n) is 12.7. The maximum absolute atomic E-state index is 9.14. The molecule has 1 aromatic carbocycles. The van der Waals surface area contributed by atoms with Crippen LogP contribution >= 0.6 is 0 Å². The molecule has 3 rings (SSSR count). The number of benzene rings is 1. The first kappa shape index (κ1) is 14.6. The molecular formula is C18H20N2O2. The molecule has 0 aromatic heterocycles. The number of aliphatic hydroxyl groups is 1. The molecular weight excluding hydrogens is 276 g/mol. The Bertz CT molecular complexity index is 657. The summed E-state index contributed by atoms with van der Waals surface area (Å²) in [5.74, 6) is 1.63. The summed E-state index contributed by atoms with van der Waals surface area (Å²) in [5.41, 5.74) is 3.28. The third-order valence-electron chi connectivity index (χ3n) is 3.80. The fraction of sp³-hybridized carbons (Fsp3) is 0.278. The van der Waals surface area contributed by atoms with Crippen molar-refractivity contribution in [2.24, 2.45) is 4.99 Å². The second-order valence-electron chi connectivity index (χ2n) is 5.37. The second kappa shape index (κ2) is 6.62. The van der Waals surface area contributed by atoms with Crippen LogP contribution in [0, 0.1) is 0 Å². The van der Waals surface area contributed by atoms with Crippen LogP contribution in [0.5, 0.6) is 0 Å². The Labute approximate surface area is 130 Å². The van der Waals surface area contributed by atoms with Gasteiger partial charge in [-0.3, -0.25) is 0 Å². The summed E-state index contributed by atoms with van der Waals surface area (Å²) in [5, 5.41) is 9.14. The number of amidine groups is 1. The van der Waals surface area contributed by atoms with Crippen LogP contribution in [-0.2, 0) is 11.3 Å². The van der Waals surface area contributed by atoms with Crippen molar-refractivity contribution >= 4 is 5.84 Å². The van der Waals surface area contributed by atoms with Crippen LogP contribution in [0.3, 0.4) is 0 Å². The van der Waals surface area contributed by atoms with E-state index in [2.05, 4.69) is 9.89 Å². The third kappa shape index (κ3) is 3.12. The molecule has 2 heterocycles. The Morgan fingerprint density at radius 2 is 2.09 bits per heavy atom. The molecule has 4 nitrogen and oxygen atoms in total. The SMILES string of the molecule is CC1=C(CCO)CN2C=CC=C(OCc3ccccc3)C2=N1. The van der Waals surface area contributed by atoms with Crippen LogP contribution < -0.4 is 0 Å². The molecule has 22 heavy (non-hydrogen) atoms. The normalized spacial score (nSPS) is 17.1. The Hall–Kier alpha value is -2.33. The lowest BCUT2D eigenvalue weighted by molar-refractivity contribution is 0.211. The zero-order valence-corrected chi connectivity index (χ0v) is 12.7. The van der Waals surface area contributed by atoms with Gasteiger partial charge >= 0.3 is 0 Å². The molecule has 1 aromatic rings. The van der Waals surface area contributed by atoms with E-state index in [0.717, 1.165) is 29.4 Å². The molecule has 0 radical (unpaired) electrons. The molecule has 0 fully saturated rings. The van der Waals surface area contributed by atoms with Gasteiger partial charge in [0.1, 0.15) is 6.61 Å². The highest BCUT2D eigenvalue weighted by Gasteiger charge is 2.24. The van der Waals surface area contributed by atoms with Gasteiger partial charge in [-0.2, -0.15) is 0 Å². The number of nitrogens with zero attached hydrogens (tertiary/aromatic N) is 2. The number of fused-ring (bicyclic) bond motifs is 1. The van der Waals surface area contributed by atoms with Crippen molar-refractivity contribution in [3.63, 3.8) is 0 Å². The molecule has 4 heteroatoms. The van der Waals surface area contributed by atoms with Crippen molar-refractivity contribution in [1.82, 2.24) is 4.90 Å². The average Bonchev–Trinajstić information content (AvgIpc) is 2.55. The number of ether oxygens (including phenoxy) is 1. The quantitative estimate of drug-likeness (QED) is 0.908. The van der Waals surface area contributed by atoms with Gasteiger partial charge in [0.25, 0.3) is 0 Å². The van der Waals surface area contributed by atoms with Gasteiger partial charge in [-0.1, -0.05) is 30.3 Å². The molecule has 1 N–H and O–H groups in total. The summed E-state index contributed by atoms with van der Waals surface area (Å²) in [6, 6.07) is 10.1. The Kier molecular flexibility index (Phi) is 4.39. The van der Waals surface area contributed by atoms with Gasteiger partial charge in [0.2, 0.25) is 0 Å². The van der Waals surface area contributed by atoms with Gasteiger partial charge in [0, 0.05) is 25.0 Å². The number of hydrogen-bond acceptors (Lipinski definition) is 4. The lowest BCUT2D eigenvalue weighted by atomic mass is 10.1. The first-order valence-corrected chi connectivity index (χ1v) is 7.48. The van der Waals surface area contributed by atoms with Crippen molar-refractivity contribution in [3.8, 4) is 0 Å². The average molecular weight is 296 g/mol. The van der Waals surface area contributed by atoms with Gasteiger partial charge in [-0.25, -0.2) is 4.99 Å². The molecule has 0 saturated heterocycles. The van der Waals surface area contributed by atoms with Crippen molar-refractivity contribution in [2.45, 2.75) is 20.0 Å². The van der Waals surface area contributed by atoms with E-state index in [1.807, 2.05) is 55.6 Å². The van der Waals surface area contributed by atoms with E-state index in [4.69, 9.17) is 9.84 Å². The van der Waals surface area contributed by atoms with Crippen LogP contribution in [-0.4, -0.2) is 29.0 Å². The molecule has 0 saturated carbocycles. The van der Waals surface area contributed by atoms with Crippen LogP contribution in [0.2, 0.25) is 0 Å². The molecule has 114 valence electrons. The first-order chi connectivity index (χ1) is 10.8. The largest absolute Gasteiger partial charge is 0.485 e. The summed E-state index contributed by atoms with van der Waals surface area (Å²) < 4.78 is 5.95. The molecule has 0 amide bonds. The van der Waals surface area contributed by atoms with Crippen molar-refractivity contribution < 1.29 is 9.84 Å². The molecule has 2 aliphatic heterocycles. The zero-order chi connectivity index (χ0) is 15.4. The number of aliphatic imine (C=N–C) groups is 1. The third-order valence-corrected chi connectivity index (χ3v) is 3.80. The number of aliphatic hydroxyl groups excluding tert-OH is 1. The molecule has 0 atom stereocenters. The highest BCUT2D eigenvalue weighted by Crippen LogP contribution is 2.24. The molecule has 0 unspecified atom stereocenters. The van der Waals surface area contributed by atoms with Crippen molar-refractivity contribution in [1.29, 1.82) is 0 Å². The Balaban J connectivity index is 1.76. The van der Waals surface area contributed by atoms with E-state index in [1.54, 1.807) is 0 Å². The van der Waals surface area contributed by atoms with Crippen LogP contribution in [0.4, 0.5) is 0 Å². The fourth-order valence-corrected chi connectivity index (χ4v) is 2.57. The monoisotopic (exact) mass is 296 g/mol.